The van der Waals surface area contributed by atoms with Crippen molar-refractivity contribution in [3.63, 3.8) is 0 Å². The number of carbonyl (C=O) groups excluding carboxylic acids is 1. The maximum absolute atomic E-state index is 12.1. The molecule has 2 rings (SSSR count). The fourth-order valence-corrected chi connectivity index (χ4v) is 2.40. The first kappa shape index (κ1) is 18.1. The molecule has 0 aliphatic heterocycles. The summed E-state index contributed by atoms with van der Waals surface area (Å²) >= 11 is 6.02. The maximum atomic E-state index is 12.1. The van der Waals surface area contributed by atoms with E-state index >= 15 is 0 Å². The summed E-state index contributed by atoms with van der Waals surface area (Å²) in [4.78, 5) is 12.1. The summed E-state index contributed by atoms with van der Waals surface area (Å²) in [5, 5.41) is 3.38. The predicted molar refractivity (Wildman–Crippen MR) is 95.9 cm³/mol. The number of halogens is 1. The molecular formula is C19H22ClNO3. The summed E-state index contributed by atoms with van der Waals surface area (Å²) < 4.78 is 10.7. The van der Waals surface area contributed by atoms with Gasteiger partial charge < -0.3 is 14.8 Å². The minimum absolute atomic E-state index is 0.148. The van der Waals surface area contributed by atoms with Gasteiger partial charge in [-0.3, -0.25) is 4.79 Å². The second-order valence-electron chi connectivity index (χ2n) is 5.43. The van der Waals surface area contributed by atoms with Crippen LogP contribution in [0.15, 0.2) is 48.5 Å². The molecule has 2 aromatic carbocycles. The Labute approximate surface area is 147 Å². The van der Waals surface area contributed by atoms with Gasteiger partial charge in [0, 0.05) is 6.54 Å². The number of hydrogen-bond acceptors (Lipinski definition) is 3. The number of amides is 1. The van der Waals surface area contributed by atoms with Crippen molar-refractivity contribution >= 4 is 17.5 Å². The van der Waals surface area contributed by atoms with Gasteiger partial charge in [0.1, 0.15) is 11.5 Å². The summed E-state index contributed by atoms with van der Waals surface area (Å²) in [6.45, 7) is 2.31. The Kier molecular flexibility index (Phi) is 6.94. The third-order valence-corrected chi connectivity index (χ3v) is 3.92. The Morgan fingerprint density at radius 2 is 1.88 bits per heavy atom. The fraction of sp³-hybridized carbons (Fsp3) is 0.316. The molecule has 1 atom stereocenters. The smallest absolute Gasteiger partial charge is 0.260 e. The molecule has 4 nitrogen and oxygen atoms in total. The van der Waals surface area contributed by atoms with Crippen molar-refractivity contribution < 1.29 is 14.3 Å². The van der Waals surface area contributed by atoms with E-state index in [1.165, 1.54) is 5.56 Å². The lowest BCUT2D eigenvalue weighted by Gasteiger charge is -2.15. The monoisotopic (exact) mass is 347 g/mol. The first-order valence-corrected chi connectivity index (χ1v) is 8.30. The number of para-hydroxylation sites is 1. The second-order valence-corrected chi connectivity index (χ2v) is 5.84. The first-order chi connectivity index (χ1) is 11.6. The van der Waals surface area contributed by atoms with E-state index in [1.807, 2.05) is 36.4 Å². The lowest BCUT2D eigenvalue weighted by molar-refractivity contribution is -0.127. The van der Waals surface area contributed by atoms with Crippen LogP contribution in [0.5, 0.6) is 11.5 Å². The van der Waals surface area contributed by atoms with Crippen LogP contribution >= 0.6 is 11.6 Å². The van der Waals surface area contributed by atoms with Crippen molar-refractivity contribution in [3.8, 4) is 11.5 Å². The molecule has 1 N–H and O–H groups in total. The van der Waals surface area contributed by atoms with Crippen LogP contribution in [-0.4, -0.2) is 25.7 Å². The molecule has 24 heavy (non-hydrogen) atoms. The molecule has 0 aliphatic carbocycles. The predicted octanol–water partition coefficient (Wildman–Crippen LogP) is 3.86. The highest BCUT2D eigenvalue weighted by Crippen LogP contribution is 2.24. The van der Waals surface area contributed by atoms with Gasteiger partial charge in [0.15, 0.2) is 6.10 Å². The summed E-state index contributed by atoms with van der Waals surface area (Å²) in [6, 6.07) is 15.1. The van der Waals surface area contributed by atoms with Crippen molar-refractivity contribution in [2.75, 3.05) is 13.7 Å². The molecule has 0 bridgehead atoms. The highest BCUT2D eigenvalue weighted by Gasteiger charge is 2.15. The highest BCUT2D eigenvalue weighted by atomic mass is 35.5. The lowest BCUT2D eigenvalue weighted by atomic mass is 10.1. The number of hydrogen-bond donors (Lipinski definition) is 1. The molecule has 0 aliphatic rings. The molecule has 0 saturated heterocycles. The number of ether oxygens (including phenoxy) is 2. The second kappa shape index (κ2) is 9.18. The molecule has 5 heteroatoms. The highest BCUT2D eigenvalue weighted by molar-refractivity contribution is 6.32. The molecule has 0 spiro atoms. The number of benzene rings is 2. The molecule has 0 saturated carbocycles. The van der Waals surface area contributed by atoms with Gasteiger partial charge >= 0.3 is 0 Å². The number of methoxy groups -OCH3 is 1. The summed E-state index contributed by atoms with van der Waals surface area (Å²) in [7, 11) is 1.65. The molecule has 0 radical (unpaired) electrons. The SMILES string of the molecule is COc1ccc(CCCNC(=O)[C@@H](C)Oc2ccccc2Cl)cc1. The van der Waals surface area contributed by atoms with Crippen LogP contribution in [0.2, 0.25) is 5.02 Å². The number of nitrogens with one attached hydrogen (secondary N) is 1. The molecular weight excluding hydrogens is 326 g/mol. The zero-order chi connectivity index (χ0) is 17.4. The molecule has 0 heterocycles. The maximum Gasteiger partial charge on any atom is 0.260 e. The summed E-state index contributed by atoms with van der Waals surface area (Å²) in [5.74, 6) is 1.21. The van der Waals surface area contributed by atoms with Gasteiger partial charge in [-0.05, 0) is 49.6 Å². The van der Waals surface area contributed by atoms with Crippen LogP contribution < -0.4 is 14.8 Å². The Bertz CT molecular complexity index is 658. The normalized spacial score (nSPS) is 11.6. The summed E-state index contributed by atoms with van der Waals surface area (Å²) in [5.41, 5.74) is 1.21. The largest absolute Gasteiger partial charge is 0.497 e. The van der Waals surface area contributed by atoms with Crippen LogP contribution in [0.1, 0.15) is 18.9 Å². The van der Waals surface area contributed by atoms with E-state index in [1.54, 1.807) is 26.2 Å². The average Bonchev–Trinajstić information content (AvgIpc) is 2.61. The quantitative estimate of drug-likeness (QED) is 0.737. The van der Waals surface area contributed by atoms with E-state index in [2.05, 4.69) is 5.32 Å². The Balaban J connectivity index is 1.71. The third kappa shape index (κ3) is 5.46. The zero-order valence-corrected chi connectivity index (χ0v) is 14.7. The van der Waals surface area contributed by atoms with Gasteiger partial charge in [-0.15, -0.1) is 0 Å². The van der Waals surface area contributed by atoms with Crippen LogP contribution in [0, 0.1) is 0 Å². The molecule has 0 aromatic heterocycles. The standard InChI is InChI=1S/C19H22ClNO3/c1-14(24-18-8-4-3-7-17(18)20)19(22)21-13-5-6-15-9-11-16(23-2)12-10-15/h3-4,7-12,14H,5-6,13H2,1-2H3,(H,21,22)/t14-/m1/s1. The van der Waals surface area contributed by atoms with E-state index < -0.39 is 6.10 Å². The Morgan fingerprint density at radius 1 is 1.17 bits per heavy atom. The zero-order valence-electron chi connectivity index (χ0n) is 13.9. The molecule has 0 fully saturated rings. The van der Waals surface area contributed by atoms with Gasteiger partial charge in [-0.1, -0.05) is 35.9 Å². The van der Waals surface area contributed by atoms with E-state index in [0.29, 0.717) is 17.3 Å². The van der Waals surface area contributed by atoms with E-state index in [0.717, 1.165) is 18.6 Å². The topological polar surface area (TPSA) is 47.6 Å². The van der Waals surface area contributed by atoms with Crippen LogP contribution in [0.25, 0.3) is 0 Å². The summed E-state index contributed by atoms with van der Waals surface area (Å²) in [6.07, 6.45) is 1.16. The van der Waals surface area contributed by atoms with Crippen molar-refractivity contribution in [1.29, 1.82) is 0 Å². The van der Waals surface area contributed by atoms with E-state index in [-0.39, 0.29) is 5.91 Å². The Hall–Kier alpha value is -2.20. The number of carbonyl (C=O) groups is 1. The van der Waals surface area contributed by atoms with Gasteiger partial charge in [0.05, 0.1) is 12.1 Å². The van der Waals surface area contributed by atoms with Gasteiger partial charge in [-0.2, -0.15) is 0 Å². The van der Waals surface area contributed by atoms with Crippen molar-refractivity contribution in [2.24, 2.45) is 0 Å². The Morgan fingerprint density at radius 3 is 2.54 bits per heavy atom. The molecule has 2 aromatic rings. The first-order valence-electron chi connectivity index (χ1n) is 7.92. The van der Waals surface area contributed by atoms with E-state index in [4.69, 9.17) is 21.1 Å². The van der Waals surface area contributed by atoms with Crippen LogP contribution in [0.4, 0.5) is 0 Å². The van der Waals surface area contributed by atoms with Crippen LogP contribution in [-0.2, 0) is 11.2 Å². The van der Waals surface area contributed by atoms with E-state index in [9.17, 15) is 4.79 Å². The molecule has 1 amide bonds. The number of rotatable bonds is 8. The lowest BCUT2D eigenvalue weighted by Crippen LogP contribution is -2.37. The third-order valence-electron chi connectivity index (χ3n) is 3.61. The van der Waals surface area contributed by atoms with Gasteiger partial charge in [0.2, 0.25) is 0 Å². The fourth-order valence-electron chi connectivity index (χ4n) is 2.22. The van der Waals surface area contributed by atoms with Gasteiger partial charge in [0.25, 0.3) is 5.91 Å². The van der Waals surface area contributed by atoms with Crippen molar-refractivity contribution in [2.45, 2.75) is 25.9 Å². The van der Waals surface area contributed by atoms with Gasteiger partial charge in [-0.25, -0.2) is 0 Å². The number of aryl methyl sites for hydroxylation is 1. The minimum Gasteiger partial charge on any atom is -0.497 e. The minimum atomic E-state index is -0.592. The molecule has 0 unspecified atom stereocenters. The average molecular weight is 348 g/mol. The van der Waals surface area contributed by atoms with Crippen LogP contribution in [0.3, 0.4) is 0 Å². The van der Waals surface area contributed by atoms with Crippen molar-refractivity contribution in [3.05, 3.63) is 59.1 Å². The molecule has 128 valence electrons. The van der Waals surface area contributed by atoms with Crippen molar-refractivity contribution in [1.82, 2.24) is 5.32 Å².